The van der Waals surface area contributed by atoms with Gasteiger partial charge in [0, 0.05) is 6.07 Å². The molecule has 0 aliphatic rings. The number of anilines is 1. The van der Waals surface area contributed by atoms with Gasteiger partial charge < -0.3 is 5.32 Å². The quantitative estimate of drug-likeness (QED) is 0.651. The summed E-state index contributed by atoms with van der Waals surface area (Å²) in [6.45, 7) is 3.60. The summed E-state index contributed by atoms with van der Waals surface area (Å²) < 4.78 is 0. The molecule has 100 valence electrons. The summed E-state index contributed by atoms with van der Waals surface area (Å²) in [5.41, 5.74) is 0.689. The van der Waals surface area contributed by atoms with Gasteiger partial charge in [0.15, 0.2) is 0 Å². The second-order valence-corrected chi connectivity index (χ2v) is 4.24. The molecule has 0 bridgehead atoms. The molecule has 19 heavy (non-hydrogen) atoms. The van der Waals surface area contributed by atoms with Gasteiger partial charge >= 0.3 is 0 Å². The van der Waals surface area contributed by atoms with Crippen molar-refractivity contribution in [2.75, 3.05) is 5.32 Å². The first-order chi connectivity index (χ1) is 8.99. The molecule has 1 aromatic carbocycles. The van der Waals surface area contributed by atoms with E-state index >= 15 is 0 Å². The van der Waals surface area contributed by atoms with E-state index in [0.717, 1.165) is 5.56 Å². The van der Waals surface area contributed by atoms with E-state index in [1.165, 1.54) is 12.1 Å². The van der Waals surface area contributed by atoms with Gasteiger partial charge in [0.1, 0.15) is 11.6 Å². The zero-order chi connectivity index (χ0) is 14.4. The largest absolute Gasteiger partial charge is 0.319 e. The van der Waals surface area contributed by atoms with Crippen molar-refractivity contribution < 1.29 is 9.72 Å². The predicted molar refractivity (Wildman–Crippen MR) is 70.5 cm³/mol. The van der Waals surface area contributed by atoms with Gasteiger partial charge in [-0.2, -0.15) is 5.26 Å². The van der Waals surface area contributed by atoms with Gasteiger partial charge in [0.2, 0.25) is 5.91 Å². The molecular formula is C13H15N3O3. The zero-order valence-corrected chi connectivity index (χ0v) is 10.8. The SMILES string of the molecule is CCCC(C#N)C(=O)Nc1ccc(C)cc1[N+](=O)[O-]. The summed E-state index contributed by atoms with van der Waals surface area (Å²) in [4.78, 5) is 22.2. The molecule has 0 spiro atoms. The second kappa shape index (κ2) is 6.50. The molecule has 1 aromatic rings. The molecule has 0 saturated heterocycles. The molecule has 1 rings (SSSR count). The summed E-state index contributed by atoms with van der Waals surface area (Å²) in [6.07, 6.45) is 1.13. The number of amides is 1. The van der Waals surface area contributed by atoms with Gasteiger partial charge in [-0.15, -0.1) is 0 Å². The molecule has 0 saturated carbocycles. The number of hydrogen-bond donors (Lipinski definition) is 1. The minimum Gasteiger partial charge on any atom is -0.319 e. The first-order valence-corrected chi connectivity index (χ1v) is 5.95. The van der Waals surface area contributed by atoms with Crippen LogP contribution in [0.4, 0.5) is 11.4 Å². The lowest BCUT2D eigenvalue weighted by Crippen LogP contribution is -2.22. The molecule has 0 fully saturated rings. The van der Waals surface area contributed by atoms with Crippen molar-refractivity contribution in [3.63, 3.8) is 0 Å². The van der Waals surface area contributed by atoms with Crippen LogP contribution >= 0.6 is 0 Å². The number of rotatable bonds is 5. The van der Waals surface area contributed by atoms with Crippen LogP contribution in [0.5, 0.6) is 0 Å². The number of carbonyl (C=O) groups excluding carboxylic acids is 1. The highest BCUT2D eigenvalue weighted by atomic mass is 16.6. The van der Waals surface area contributed by atoms with E-state index in [4.69, 9.17) is 5.26 Å². The van der Waals surface area contributed by atoms with E-state index < -0.39 is 16.7 Å². The van der Waals surface area contributed by atoms with Crippen LogP contribution in [0.15, 0.2) is 18.2 Å². The maximum atomic E-state index is 11.8. The lowest BCUT2D eigenvalue weighted by atomic mass is 10.0. The molecule has 0 aliphatic carbocycles. The van der Waals surface area contributed by atoms with Crippen LogP contribution in [0.25, 0.3) is 0 Å². The Balaban J connectivity index is 2.97. The fourth-order valence-electron chi connectivity index (χ4n) is 1.66. The number of nitrogens with zero attached hydrogens (tertiary/aromatic N) is 2. The van der Waals surface area contributed by atoms with Crippen molar-refractivity contribution in [2.45, 2.75) is 26.7 Å². The first kappa shape index (κ1) is 14.6. The number of aryl methyl sites for hydroxylation is 1. The van der Waals surface area contributed by atoms with Crippen molar-refractivity contribution in [1.82, 2.24) is 0 Å². The normalized spacial score (nSPS) is 11.4. The summed E-state index contributed by atoms with van der Waals surface area (Å²) in [5, 5.41) is 22.2. The van der Waals surface area contributed by atoms with Crippen LogP contribution in [0.2, 0.25) is 0 Å². The Kier molecular flexibility index (Phi) is 5.01. The zero-order valence-electron chi connectivity index (χ0n) is 10.8. The van der Waals surface area contributed by atoms with Crippen molar-refractivity contribution >= 4 is 17.3 Å². The van der Waals surface area contributed by atoms with Gasteiger partial charge in [0.25, 0.3) is 5.69 Å². The van der Waals surface area contributed by atoms with Gasteiger partial charge in [-0.25, -0.2) is 0 Å². The molecule has 0 aliphatic heterocycles. The summed E-state index contributed by atoms with van der Waals surface area (Å²) in [6, 6.07) is 6.44. The van der Waals surface area contributed by atoms with Crippen molar-refractivity contribution in [1.29, 1.82) is 5.26 Å². The van der Waals surface area contributed by atoms with Crippen LogP contribution in [-0.2, 0) is 4.79 Å². The third kappa shape index (κ3) is 3.78. The Bertz CT molecular complexity index is 534. The minimum absolute atomic E-state index is 0.122. The molecule has 6 nitrogen and oxygen atoms in total. The van der Waals surface area contributed by atoms with Gasteiger partial charge in [-0.3, -0.25) is 14.9 Å². The molecule has 6 heteroatoms. The Hall–Kier alpha value is -2.42. The highest BCUT2D eigenvalue weighted by Crippen LogP contribution is 2.26. The van der Waals surface area contributed by atoms with E-state index in [0.29, 0.717) is 12.8 Å². The number of nitrogens with one attached hydrogen (secondary N) is 1. The Morgan fingerprint density at radius 3 is 2.79 bits per heavy atom. The number of nitro groups is 1. The molecule has 1 amide bonds. The van der Waals surface area contributed by atoms with E-state index in [1.54, 1.807) is 13.0 Å². The lowest BCUT2D eigenvalue weighted by molar-refractivity contribution is -0.384. The summed E-state index contributed by atoms with van der Waals surface area (Å²) >= 11 is 0. The van der Waals surface area contributed by atoms with Crippen LogP contribution < -0.4 is 5.32 Å². The Morgan fingerprint density at radius 2 is 2.26 bits per heavy atom. The smallest absolute Gasteiger partial charge is 0.293 e. The van der Waals surface area contributed by atoms with Crippen LogP contribution in [0.1, 0.15) is 25.3 Å². The Morgan fingerprint density at radius 1 is 1.58 bits per heavy atom. The van der Waals surface area contributed by atoms with Gasteiger partial charge in [-0.05, 0) is 25.0 Å². The van der Waals surface area contributed by atoms with Crippen molar-refractivity contribution in [2.24, 2.45) is 5.92 Å². The van der Waals surface area contributed by atoms with Gasteiger partial charge in [-0.1, -0.05) is 19.4 Å². The number of carbonyl (C=O) groups is 1. The van der Waals surface area contributed by atoms with Gasteiger partial charge in [0.05, 0.1) is 11.0 Å². The van der Waals surface area contributed by atoms with Crippen LogP contribution in [-0.4, -0.2) is 10.8 Å². The average molecular weight is 261 g/mol. The third-order valence-corrected chi connectivity index (χ3v) is 2.66. The molecule has 0 radical (unpaired) electrons. The lowest BCUT2D eigenvalue weighted by Gasteiger charge is -2.09. The van der Waals surface area contributed by atoms with Crippen LogP contribution in [0.3, 0.4) is 0 Å². The highest BCUT2D eigenvalue weighted by Gasteiger charge is 2.21. The van der Waals surface area contributed by atoms with Crippen molar-refractivity contribution in [3.05, 3.63) is 33.9 Å². The van der Waals surface area contributed by atoms with E-state index in [-0.39, 0.29) is 11.4 Å². The Labute approximate surface area is 111 Å². The molecule has 1 atom stereocenters. The molecule has 1 unspecified atom stereocenters. The maximum absolute atomic E-state index is 11.8. The van der Waals surface area contributed by atoms with E-state index in [9.17, 15) is 14.9 Å². The predicted octanol–water partition coefficient (Wildman–Crippen LogP) is 2.78. The number of benzene rings is 1. The van der Waals surface area contributed by atoms with Crippen LogP contribution in [0, 0.1) is 34.3 Å². The number of nitro benzene ring substituents is 1. The standard InChI is InChI=1S/C13H15N3O3/c1-3-4-10(8-14)13(17)15-11-6-5-9(2)7-12(11)16(18)19/h5-7,10H,3-4H2,1-2H3,(H,15,17). The second-order valence-electron chi connectivity index (χ2n) is 4.24. The van der Waals surface area contributed by atoms with Crippen molar-refractivity contribution in [3.8, 4) is 6.07 Å². The summed E-state index contributed by atoms with van der Waals surface area (Å²) in [7, 11) is 0. The molecular weight excluding hydrogens is 246 g/mol. The summed E-state index contributed by atoms with van der Waals surface area (Å²) in [5.74, 6) is -1.29. The number of hydrogen-bond acceptors (Lipinski definition) is 4. The fraction of sp³-hybridized carbons (Fsp3) is 0.385. The van der Waals surface area contributed by atoms with E-state index in [2.05, 4.69) is 5.32 Å². The first-order valence-electron chi connectivity index (χ1n) is 5.95. The number of nitriles is 1. The monoisotopic (exact) mass is 261 g/mol. The maximum Gasteiger partial charge on any atom is 0.293 e. The van der Waals surface area contributed by atoms with E-state index in [1.807, 2.05) is 13.0 Å². The third-order valence-electron chi connectivity index (χ3n) is 2.66. The molecule has 1 N–H and O–H groups in total. The molecule has 0 aromatic heterocycles. The average Bonchev–Trinajstić information content (AvgIpc) is 2.37. The highest BCUT2D eigenvalue weighted by molar-refractivity contribution is 5.96. The minimum atomic E-state index is -0.786. The topological polar surface area (TPSA) is 96.0 Å². The molecule has 0 heterocycles. The fourth-order valence-corrected chi connectivity index (χ4v) is 1.66.